The molecule has 0 aliphatic carbocycles. The van der Waals surface area contributed by atoms with E-state index in [1.165, 1.54) is 4.90 Å². The van der Waals surface area contributed by atoms with E-state index >= 15 is 0 Å². The molecule has 2 amide bonds. The van der Waals surface area contributed by atoms with Gasteiger partial charge in [0.15, 0.2) is 12.1 Å². The Morgan fingerprint density at radius 2 is 2.09 bits per heavy atom. The number of epoxide rings is 1. The molecule has 1 N–H and O–H groups in total. The number of carbonyl (C=O) groups excluding carboxylic acids is 1. The van der Waals surface area contributed by atoms with Gasteiger partial charge in [0.25, 0.3) is 5.91 Å². The number of fused-ring (bicyclic) bond motifs is 1. The fourth-order valence-electron chi connectivity index (χ4n) is 4.97. The molecule has 1 aromatic heterocycles. The van der Waals surface area contributed by atoms with Crippen LogP contribution >= 0.6 is 0 Å². The summed E-state index contributed by atoms with van der Waals surface area (Å²) in [5.74, 6) is 0.666. The maximum absolute atomic E-state index is 13.9. The van der Waals surface area contributed by atoms with Crippen LogP contribution in [0.25, 0.3) is 11.0 Å². The first-order valence-electron chi connectivity index (χ1n) is 12.3. The molecule has 186 valence electrons. The fourth-order valence-corrected chi connectivity index (χ4v) is 4.97. The third-order valence-electron chi connectivity index (χ3n) is 6.65. The van der Waals surface area contributed by atoms with E-state index in [1.807, 2.05) is 33.7 Å². The van der Waals surface area contributed by atoms with Gasteiger partial charge in [-0.05, 0) is 43.7 Å². The van der Waals surface area contributed by atoms with Crippen LogP contribution in [-0.2, 0) is 16.0 Å². The van der Waals surface area contributed by atoms with Gasteiger partial charge in [0.2, 0.25) is 0 Å². The van der Waals surface area contributed by atoms with Gasteiger partial charge in [-0.25, -0.2) is 9.78 Å². The molecule has 0 spiro atoms. The largest absolute Gasteiger partial charge is 0.465 e. The van der Waals surface area contributed by atoms with Crippen LogP contribution in [0.5, 0.6) is 0 Å². The number of unbranched alkanes of at least 4 members (excludes halogenated alkanes) is 1. The summed E-state index contributed by atoms with van der Waals surface area (Å²) >= 11 is 0. The number of hydrogen-bond acceptors (Lipinski definition) is 5. The number of nitrogens with zero attached hydrogens (tertiary/aromatic N) is 4. The number of methoxy groups -OCH3 is 1. The highest BCUT2D eigenvalue weighted by Gasteiger charge is 2.52. The minimum absolute atomic E-state index is 0.102. The van der Waals surface area contributed by atoms with Gasteiger partial charge in [-0.3, -0.25) is 4.79 Å². The van der Waals surface area contributed by atoms with Crippen LogP contribution in [-0.4, -0.2) is 82.1 Å². The van der Waals surface area contributed by atoms with Gasteiger partial charge in [-0.15, -0.1) is 0 Å². The number of likely N-dealkylation sites (tertiary alicyclic amines) is 1. The number of rotatable bonds is 10. The summed E-state index contributed by atoms with van der Waals surface area (Å²) < 4.78 is 13.3. The molecule has 9 heteroatoms. The third kappa shape index (κ3) is 5.36. The van der Waals surface area contributed by atoms with Crippen LogP contribution in [0.4, 0.5) is 4.79 Å². The summed E-state index contributed by atoms with van der Waals surface area (Å²) in [6.45, 7) is 7.11. The normalized spacial score (nSPS) is 22.4. The summed E-state index contributed by atoms with van der Waals surface area (Å²) in [6.07, 6.45) is 2.15. The molecule has 9 nitrogen and oxygen atoms in total. The van der Waals surface area contributed by atoms with E-state index < -0.39 is 6.09 Å². The number of ether oxygens (including phenoxy) is 2. The highest BCUT2D eigenvalue weighted by Crippen LogP contribution is 2.38. The number of amides is 2. The van der Waals surface area contributed by atoms with Gasteiger partial charge < -0.3 is 28.9 Å². The molecule has 4 rings (SSSR count). The maximum Gasteiger partial charge on any atom is 0.407 e. The summed E-state index contributed by atoms with van der Waals surface area (Å²) in [7, 11) is 1.69. The number of aryl methyl sites for hydroxylation is 1. The minimum atomic E-state index is -0.890. The molecule has 2 fully saturated rings. The third-order valence-corrected chi connectivity index (χ3v) is 6.65. The van der Waals surface area contributed by atoms with E-state index in [0.29, 0.717) is 38.6 Å². The van der Waals surface area contributed by atoms with Crippen LogP contribution in [0.1, 0.15) is 50.1 Å². The zero-order chi connectivity index (χ0) is 24.2. The lowest BCUT2D eigenvalue weighted by molar-refractivity contribution is 0.0625. The van der Waals surface area contributed by atoms with Crippen molar-refractivity contribution in [2.75, 3.05) is 33.4 Å². The van der Waals surface area contributed by atoms with Crippen LogP contribution in [0.3, 0.4) is 0 Å². The first-order valence-corrected chi connectivity index (χ1v) is 12.3. The number of imidazole rings is 1. The summed E-state index contributed by atoms with van der Waals surface area (Å²) in [5, 5.41) is 9.40. The van der Waals surface area contributed by atoms with Crippen LogP contribution < -0.4 is 0 Å². The number of benzene rings is 1. The van der Waals surface area contributed by atoms with E-state index in [0.717, 1.165) is 36.7 Å². The standard InChI is InChI=1S/C25H36N4O5/c1-17(2)15-29(24-21(34-24)18-9-8-12-27(16-18)25(31)32)23(30)22-26-19-10-4-5-11-20(19)28(22)13-6-7-14-33-3/h4-5,10-11,17-18,21,24H,6-9,12-16H2,1-3H3,(H,31,32)/t18?,21-,24-/m1/s1. The second kappa shape index (κ2) is 10.7. The molecule has 3 heterocycles. The van der Waals surface area contributed by atoms with Crippen molar-refractivity contribution in [1.29, 1.82) is 0 Å². The molecule has 1 unspecified atom stereocenters. The van der Waals surface area contributed by atoms with Crippen LogP contribution in [0.2, 0.25) is 0 Å². The van der Waals surface area contributed by atoms with Crippen LogP contribution in [0, 0.1) is 11.8 Å². The Hall–Kier alpha value is -2.65. The Kier molecular flexibility index (Phi) is 7.73. The molecule has 0 radical (unpaired) electrons. The van der Waals surface area contributed by atoms with E-state index in [-0.39, 0.29) is 30.1 Å². The summed E-state index contributed by atoms with van der Waals surface area (Å²) in [4.78, 5) is 33.3. The average Bonchev–Trinajstić information content (AvgIpc) is 3.54. The van der Waals surface area contributed by atoms with Crippen molar-refractivity contribution in [3.05, 3.63) is 30.1 Å². The van der Waals surface area contributed by atoms with Gasteiger partial charge in [-0.1, -0.05) is 26.0 Å². The van der Waals surface area contributed by atoms with Crippen molar-refractivity contribution in [2.45, 2.75) is 58.4 Å². The second-order valence-corrected chi connectivity index (χ2v) is 9.75. The van der Waals surface area contributed by atoms with Crippen molar-refractivity contribution in [1.82, 2.24) is 19.4 Å². The fraction of sp³-hybridized carbons (Fsp3) is 0.640. The maximum atomic E-state index is 13.9. The van der Waals surface area contributed by atoms with Crippen molar-refractivity contribution < 1.29 is 24.2 Å². The predicted molar refractivity (Wildman–Crippen MR) is 128 cm³/mol. The van der Waals surface area contributed by atoms with Gasteiger partial charge in [0.1, 0.15) is 6.10 Å². The van der Waals surface area contributed by atoms with E-state index in [2.05, 4.69) is 13.8 Å². The number of carbonyl (C=O) groups is 2. The Bertz CT molecular complexity index is 1010. The number of aromatic nitrogens is 2. The lowest BCUT2D eigenvalue weighted by Crippen LogP contribution is -2.43. The van der Waals surface area contributed by atoms with E-state index in [9.17, 15) is 14.7 Å². The Morgan fingerprint density at radius 1 is 1.29 bits per heavy atom. The Balaban J connectivity index is 1.56. The molecule has 0 bridgehead atoms. The van der Waals surface area contributed by atoms with Gasteiger partial charge in [0, 0.05) is 45.8 Å². The first-order chi connectivity index (χ1) is 16.4. The molecule has 34 heavy (non-hydrogen) atoms. The molecule has 2 aromatic rings. The molecule has 2 aliphatic rings. The molecule has 0 saturated carbocycles. The van der Waals surface area contributed by atoms with Crippen molar-refractivity contribution >= 4 is 23.0 Å². The monoisotopic (exact) mass is 472 g/mol. The molecule has 2 aliphatic heterocycles. The summed E-state index contributed by atoms with van der Waals surface area (Å²) in [6, 6.07) is 7.83. The van der Waals surface area contributed by atoms with Gasteiger partial charge in [-0.2, -0.15) is 0 Å². The molecule has 2 saturated heterocycles. The first kappa shape index (κ1) is 24.5. The zero-order valence-corrected chi connectivity index (χ0v) is 20.4. The number of hydrogen-bond donors (Lipinski definition) is 1. The number of para-hydroxylation sites is 2. The molecular formula is C25H36N4O5. The molecular weight excluding hydrogens is 436 g/mol. The second-order valence-electron chi connectivity index (χ2n) is 9.75. The smallest absolute Gasteiger partial charge is 0.407 e. The Labute approximate surface area is 200 Å². The topological polar surface area (TPSA) is 100 Å². The van der Waals surface area contributed by atoms with E-state index in [1.54, 1.807) is 7.11 Å². The zero-order valence-electron chi connectivity index (χ0n) is 20.4. The number of carboxylic acid groups (broad SMARTS) is 1. The lowest BCUT2D eigenvalue weighted by atomic mass is 9.94. The lowest BCUT2D eigenvalue weighted by Gasteiger charge is -2.30. The van der Waals surface area contributed by atoms with Crippen molar-refractivity contribution in [2.24, 2.45) is 11.8 Å². The van der Waals surface area contributed by atoms with Crippen molar-refractivity contribution in [3.63, 3.8) is 0 Å². The highest BCUT2D eigenvalue weighted by atomic mass is 16.6. The minimum Gasteiger partial charge on any atom is -0.465 e. The molecule has 3 atom stereocenters. The quantitative estimate of drug-likeness (QED) is 0.418. The van der Waals surface area contributed by atoms with E-state index in [4.69, 9.17) is 14.5 Å². The molecule has 1 aromatic carbocycles. The predicted octanol–water partition coefficient (Wildman–Crippen LogP) is 3.68. The summed E-state index contributed by atoms with van der Waals surface area (Å²) in [5.41, 5.74) is 1.75. The van der Waals surface area contributed by atoms with Crippen molar-refractivity contribution in [3.8, 4) is 0 Å². The van der Waals surface area contributed by atoms with Crippen LogP contribution in [0.15, 0.2) is 24.3 Å². The van der Waals surface area contributed by atoms with Gasteiger partial charge >= 0.3 is 6.09 Å². The highest BCUT2D eigenvalue weighted by molar-refractivity contribution is 5.95. The number of piperidine rings is 1. The van der Waals surface area contributed by atoms with Gasteiger partial charge in [0.05, 0.1) is 11.0 Å². The Morgan fingerprint density at radius 3 is 2.82 bits per heavy atom. The SMILES string of the molecule is COCCCCn1c(C(=O)N(CC(C)C)[C@@H]2O[C@@H]2C2CCCN(C(=O)O)C2)nc2ccccc21. The average molecular weight is 473 g/mol.